The number of hydrogen-bond donors (Lipinski definition) is 1. The van der Waals surface area contributed by atoms with Crippen molar-refractivity contribution < 1.29 is 9.32 Å². The first-order valence-electron chi connectivity index (χ1n) is 7.50. The highest BCUT2D eigenvalue weighted by atomic mass is 32.1. The fourth-order valence-electron chi connectivity index (χ4n) is 2.22. The molecule has 1 amide bonds. The van der Waals surface area contributed by atoms with E-state index in [-0.39, 0.29) is 12.5 Å². The molecule has 2 heterocycles. The lowest BCUT2D eigenvalue weighted by Crippen LogP contribution is -2.30. The average molecular weight is 343 g/mol. The van der Waals surface area contributed by atoms with Crippen LogP contribution in [0.4, 0.5) is 10.8 Å². The molecule has 0 aliphatic carbocycles. The summed E-state index contributed by atoms with van der Waals surface area (Å²) < 4.78 is 4.80. The van der Waals surface area contributed by atoms with Crippen LogP contribution in [0.15, 0.2) is 41.1 Å². The Morgan fingerprint density at radius 3 is 2.88 bits per heavy atom. The van der Waals surface area contributed by atoms with Crippen LogP contribution in [0.5, 0.6) is 0 Å². The van der Waals surface area contributed by atoms with E-state index in [1.54, 1.807) is 18.0 Å². The lowest BCUT2D eigenvalue weighted by atomic mass is 10.1. The van der Waals surface area contributed by atoms with Gasteiger partial charge in [0.2, 0.25) is 11.0 Å². The van der Waals surface area contributed by atoms with Gasteiger partial charge in [0, 0.05) is 18.8 Å². The van der Waals surface area contributed by atoms with Gasteiger partial charge < -0.3 is 14.7 Å². The van der Waals surface area contributed by atoms with Gasteiger partial charge in [-0.15, -0.1) is 10.2 Å². The van der Waals surface area contributed by atoms with Gasteiger partial charge in [-0.25, -0.2) is 0 Å². The van der Waals surface area contributed by atoms with Gasteiger partial charge in [0.1, 0.15) is 12.0 Å². The topological polar surface area (TPSA) is 84.2 Å². The smallest absolute Gasteiger partial charge is 0.243 e. The van der Waals surface area contributed by atoms with Crippen molar-refractivity contribution in [3.8, 4) is 10.7 Å². The minimum atomic E-state index is -0.100. The van der Waals surface area contributed by atoms with Crippen molar-refractivity contribution in [2.75, 3.05) is 23.8 Å². The highest BCUT2D eigenvalue weighted by molar-refractivity contribution is 7.18. The zero-order chi connectivity index (χ0) is 16.9. The maximum atomic E-state index is 12.3. The molecule has 0 bridgehead atoms. The predicted octanol–water partition coefficient (Wildman–Crippen LogP) is 2.83. The third kappa shape index (κ3) is 3.60. The first-order valence-corrected chi connectivity index (χ1v) is 8.32. The number of benzene rings is 1. The first kappa shape index (κ1) is 16.1. The number of hydrogen-bond acceptors (Lipinski definition) is 7. The third-order valence-electron chi connectivity index (χ3n) is 3.45. The van der Waals surface area contributed by atoms with Gasteiger partial charge in [-0.1, -0.05) is 41.6 Å². The van der Waals surface area contributed by atoms with E-state index in [2.05, 4.69) is 27.6 Å². The highest BCUT2D eigenvalue weighted by Crippen LogP contribution is 2.26. The SMILES string of the molecule is CCc1ccccc1NC(=O)CN(C)c1nnc(-c2ccon2)s1. The standard InChI is InChI=1S/C16H17N5O2S/c1-3-11-6-4-5-7-12(11)17-14(22)10-21(2)16-19-18-15(24-16)13-8-9-23-20-13/h4-9H,3,10H2,1-2H3,(H,17,22). The van der Waals surface area contributed by atoms with Gasteiger partial charge in [0.15, 0.2) is 5.01 Å². The van der Waals surface area contributed by atoms with Gasteiger partial charge >= 0.3 is 0 Å². The van der Waals surface area contributed by atoms with Crippen molar-refractivity contribution in [2.24, 2.45) is 0 Å². The van der Waals surface area contributed by atoms with E-state index in [1.165, 1.54) is 17.6 Å². The Bertz CT molecular complexity index is 816. The molecule has 7 nitrogen and oxygen atoms in total. The van der Waals surface area contributed by atoms with Crippen LogP contribution < -0.4 is 10.2 Å². The summed E-state index contributed by atoms with van der Waals surface area (Å²) in [7, 11) is 1.80. The highest BCUT2D eigenvalue weighted by Gasteiger charge is 2.15. The monoisotopic (exact) mass is 343 g/mol. The van der Waals surface area contributed by atoms with Gasteiger partial charge in [-0.2, -0.15) is 0 Å². The molecule has 24 heavy (non-hydrogen) atoms. The van der Waals surface area contributed by atoms with Crippen molar-refractivity contribution in [3.05, 3.63) is 42.2 Å². The first-order chi connectivity index (χ1) is 11.7. The Labute approximate surface area is 143 Å². The molecule has 0 fully saturated rings. The van der Waals surface area contributed by atoms with Crippen LogP contribution in [0.1, 0.15) is 12.5 Å². The summed E-state index contributed by atoms with van der Waals surface area (Å²) in [5.41, 5.74) is 2.59. The summed E-state index contributed by atoms with van der Waals surface area (Å²) in [5.74, 6) is -0.100. The molecule has 0 saturated carbocycles. The van der Waals surface area contributed by atoms with E-state index in [0.29, 0.717) is 15.8 Å². The van der Waals surface area contributed by atoms with E-state index in [9.17, 15) is 4.79 Å². The van der Waals surface area contributed by atoms with Crippen LogP contribution in [0, 0.1) is 0 Å². The second-order valence-electron chi connectivity index (χ2n) is 5.19. The van der Waals surface area contributed by atoms with Gasteiger partial charge in [-0.05, 0) is 18.1 Å². The molecule has 0 spiro atoms. The van der Waals surface area contributed by atoms with E-state index >= 15 is 0 Å². The Kier molecular flexibility index (Phi) is 4.85. The van der Waals surface area contributed by atoms with Gasteiger partial charge in [0.05, 0.1) is 6.54 Å². The summed E-state index contributed by atoms with van der Waals surface area (Å²) >= 11 is 1.36. The Balaban J connectivity index is 1.64. The molecule has 2 aromatic heterocycles. The number of rotatable bonds is 6. The van der Waals surface area contributed by atoms with Crippen molar-refractivity contribution in [3.63, 3.8) is 0 Å². The molecule has 3 aromatic rings. The largest absolute Gasteiger partial charge is 0.364 e. The Hall–Kier alpha value is -2.74. The lowest BCUT2D eigenvalue weighted by Gasteiger charge is -2.15. The number of amides is 1. The molecule has 0 saturated heterocycles. The second kappa shape index (κ2) is 7.22. The predicted molar refractivity (Wildman–Crippen MR) is 93.1 cm³/mol. The van der Waals surface area contributed by atoms with Gasteiger partial charge in [0.25, 0.3) is 0 Å². The van der Waals surface area contributed by atoms with E-state index in [4.69, 9.17) is 4.52 Å². The minimum absolute atomic E-state index is 0.100. The zero-order valence-electron chi connectivity index (χ0n) is 13.4. The van der Waals surface area contributed by atoms with E-state index in [0.717, 1.165) is 17.7 Å². The summed E-state index contributed by atoms with van der Waals surface area (Å²) in [6, 6.07) is 9.51. The average Bonchev–Trinajstić information content (AvgIpc) is 3.26. The number of anilines is 2. The number of nitrogens with one attached hydrogen (secondary N) is 1. The molecular weight excluding hydrogens is 326 g/mol. The van der Waals surface area contributed by atoms with Crippen LogP contribution >= 0.6 is 11.3 Å². The lowest BCUT2D eigenvalue weighted by molar-refractivity contribution is -0.114. The number of aryl methyl sites for hydroxylation is 1. The fraction of sp³-hybridized carbons (Fsp3) is 0.250. The number of carbonyl (C=O) groups excluding carboxylic acids is 1. The van der Waals surface area contributed by atoms with Crippen molar-refractivity contribution >= 4 is 28.1 Å². The number of likely N-dealkylation sites (N-methyl/N-ethyl adjacent to an activating group) is 1. The number of para-hydroxylation sites is 1. The molecule has 1 N–H and O–H groups in total. The number of carbonyl (C=O) groups is 1. The molecular formula is C16H17N5O2S. The molecule has 0 unspecified atom stereocenters. The van der Waals surface area contributed by atoms with Crippen molar-refractivity contribution in [1.29, 1.82) is 0 Å². The zero-order valence-corrected chi connectivity index (χ0v) is 14.2. The molecule has 0 aliphatic heterocycles. The summed E-state index contributed by atoms with van der Waals surface area (Å²) in [6.45, 7) is 2.25. The van der Waals surface area contributed by atoms with Crippen LogP contribution in [0.3, 0.4) is 0 Å². The third-order valence-corrected chi connectivity index (χ3v) is 4.51. The molecule has 8 heteroatoms. The van der Waals surface area contributed by atoms with Crippen molar-refractivity contribution in [2.45, 2.75) is 13.3 Å². The Morgan fingerprint density at radius 1 is 1.29 bits per heavy atom. The molecule has 124 valence electrons. The quantitative estimate of drug-likeness (QED) is 0.741. The maximum Gasteiger partial charge on any atom is 0.243 e. The fourth-order valence-corrected chi connectivity index (χ4v) is 2.99. The number of nitrogens with zero attached hydrogens (tertiary/aromatic N) is 4. The molecule has 0 aliphatic rings. The van der Waals surface area contributed by atoms with Gasteiger partial charge in [-0.3, -0.25) is 4.79 Å². The van der Waals surface area contributed by atoms with E-state index in [1.807, 2.05) is 24.3 Å². The normalized spacial score (nSPS) is 10.6. The van der Waals surface area contributed by atoms with E-state index < -0.39 is 0 Å². The van der Waals surface area contributed by atoms with Crippen LogP contribution in [0.2, 0.25) is 0 Å². The maximum absolute atomic E-state index is 12.3. The van der Waals surface area contributed by atoms with Crippen molar-refractivity contribution in [1.82, 2.24) is 15.4 Å². The van der Waals surface area contributed by atoms with Crippen LogP contribution in [-0.2, 0) is 11.2 Å². The molecule has 0 atom stereocenters. The molecule has 3 rings (SSSR count). The van der Waals surface area contributed by atoms with Crippen LogP contribution in [0.25, 0.3) is 10.7 Å². The number of aromatic nitrogens is 3. The minimum Gasteiger partial charge on any atom is -0.364 e. The summed E-state index contributed by atoms with van der Waals surface area (Å²) in [4.78, 5) is 14.0. The van der Waals surface area contributed by atoms with Crippen LogP contribution in [-0.4, -0.2) is 34.9 Å². The second-order valence-corrected chi connectivity index (χ2v) is 6.15. The Morgan fingerprint density at radius 2 is 2.12 bits per heavy atom. The molecule has 0 radical (unpaired) electrons. The summed E-state index contributed by atoms with van der Waals surface area (Å²) in [6.07, 6.45) is 2.35. The summed E-state index contributed by atoms with van der Waals surface area (Å²) in [5, 5.41) is 16.2. The molecule has 1 aromatic carbocycles.